The van der Waals surface area contributed by atoms with E-state index in [2.05, 4.69) is 15.3 Å². The molecular weight excluding hydrogens is 192 g/mol. The Morgan fingerprint density at radius 2 is 2.00 bits per heavy atom. The predicted molar refractivity (Wildman–Crippen MR) is 60.5 cm³/mol. The first-order valence-electron chi connectivity index (χ1n) is 5.13. The first kappa shape index (κ1) is 11.7. The van der Waals surface area contributed by atoms with Gasteiger partial charge in [-0.2, -0.15) is 0 Å². The molecule has 1 rings (SSSR count). The number of nitrogens with two attached hydrogens (primary N) is 1. The van der Waals surface area contributed by atoms with E-state index < -0.39 is 5.60 Å². The molecule has 1 aromatic heterocycles. The van der Waals surface area contributed by atoms with Gasteiger partial charge < -0.3 is 16.2 Å². The van der Waals surface area contributed by atoms with Crippen LogP contribution in [-0.2, 0) is 0 Å². The highest BCUT2D eigenvalue weighted by molar-refractivity contribution is 5.36. The van der Waals surface area contributed by atoms with Crippen molar-refractivity contribution in [2.75, 3.05) is 17.6 Å². The number of nitrogens with one attached hydrogen (secondary N) is 1. The zero-order valence-electron chi connectivity index (χ0n) is 9.20. The molecular formula is C10H18N4O. The fourth-order valence-electron chi connectivity index (χ4n) is 1.18. The van der Waals surface area contributed by atoms with Crippen LogP contribution in [0.4, 0.5) is 11.6 Å². The predicted octanol–water partition coefficient (Wildman–Crippen LogP) is 1.02. The van der Waals surface area contributed by atoms with Crippen molar-refractivity contribution in [2.45, 2.75) is 32.3 Å². The minimum Gasteiger partial charge on any atom is -0.388 e. The Balaban J connectivity index is 2.53. The summed E-state index contributed by atoms with van der Waals surface area (Å²) < 4.78 is 0. The van der Waals surface area contributed by atoms with Crippen LogP contribution in [0.3, 0.4) is 0 Å². The molecule has 0 saturated carbocycles. The Bertz CT molecular complexity index is 295. The number of hydrogen-bond donors (Lipinski definition) is 3. The summed E-state index contributed by atoms with van der Waals surface area (Å²) in [4.78, 5) is 7.94. The number of nitrogens with zero attached hydrogens (tertiary/aromatic N) is 2. The monoisotopic (exact) mass is 210 g/mol. The molecule has 0 aliphatic heterocycles. The third-order valence-corrected chi connectivity index (χ3v) is 2.59. The molecule has 0 radical (unpaired) electrons. The number of aromatic nitrogens is 2. The Kier molecular flexibility index (Phi) is 3.85. The van der Waals surface area contributed by atoms with Crippen molar-refractivity contribution in [3.8, 4) is 0 Å². The minimum absolute atomic E-state index is 0.391. The van der Waals surface area contributed by atoms with Gasteiger partial charge in [0, 0.05) is 6.54 Å². The summed E-state index contributed by atoms with van der Waals surface area (Å²) >= 11 is 0. The molecule has 0 aliphatic rings. The van der Waals surface area contributed by atoms with E-state index in [4.69, 9.17) is 5.73 Å². The third-order valence-electron chi connectivity index (χ3n) is 2.59. The lowest BCUT2D eigenvalue weighted by Gasteiger charge is -2.25. The van der Waals surface area contributed by atoms with Crippen LogP contribution in [0.15, 0.2) is 12.4 Å². The average Bonchev–Trinajstić information content (AvgIpc) is 2.28. The van der Waals surface area contributed by atoms with Crippen LogP contribution in [-0.4, -0.2) is 27.2 Å². The van der Waals surface area contributed by atoms with Crippen LogP contribution in [0.2, 0.25) is 0 Å². The second-order valence-corrected chi connectivity index (χ2v) is 3.61. The number of hydrogen-bond acceptors (Lipinski definition) is 5. The molecule has 0 atom stereocenters. The van der Waals surface area contributed by atoms with E-state index >= 15 is 0 Å². The molecule has 1 aromatic rings. The van der Waals surface area contributed by atoms with Crippen LogP contribution >= 0.6 is 0 Å². The molecule has 0 saturated heterocycles. The molecule has 15 heavy (non-hydrogen) atoms. The first-order valence-corrected chi connectivity index (χ1v) is 5.13. The summed E-state index contributed by atoms with van der Waals surface area (Å²) in [6.07, 6.45) is 4.46. The molecule has 0 unspecified atom stereocenters. The fraction of sp³-hybridized carbons (Fsp3) is 0.600. The molecule has 0 fully saturated rings. The average molecular weight is 210 g/mol. The van der Waals surface area contributed by atoms with Crippen molar-refractivity contribution in [3.05, 3.63) is 12.4 Å². The summed E-state index contributed by atoms with van der Waals surface area (Å²) in [5.74, 6) is 1.02. The van der Waals surface area contributed by atoms with Crippen LogP contribution < -0.4 is 11.1 Å². The largest absolute Gasteiger partial charge is 0.388 e. The highest BCUT2D eigenvalue weighted by Gasteiger charge is 2.21. The summed E-state index contributed by atoms with van der Waals surface area (Å²) in [7, 11) is 0. The zero-order chi connectivity index (χ0) is 11.3. The van der Waals surface area contributed by atoms with Crippen molar-refractivity contribution < 1.29 is 5.11 Å². The van der Waals surface area contributed by atoms with Gasteiger partial charge in [-0.3, -0.25) is 0 Å². The zero-order valence-corrected chi connectivity index (χ0v) is 9.20. The lowest BCUT2D eigenvalue weighted by atomic mass is 9.98. The van der Waals surface area contributed by atoms with Crippen molar-refractivity contribution >= 4 is 11.6 Å². The van der Waals surface area contributed by atoms with Gasteiger partial charge in [0.05, 0.1) is 18.0 Å². The Labute approximate surface area is 89.7 Å². The molecule has 84 valence electrons. The van der Waals surface area contributed by atoms with Gasteiger partial charge in [-0.25, -0.2) is 9.97 Å². The number of rotatable bonds is 5. The van der Waals surface area contributed by atoms with Crippen LogP contribution in [0, 0.1) is 0 Å². The quantitative estimate of drug-likeness (QED) is 0.675. The minimum atomic E-state index is -0.678. The van der Waals surface area contributed by atoms with Crippen molar-refractivity contribution in [1.82, 2.24) is 9.97 Å². The summed E-state index contributed by atoms with van der Waals surface area (Å²) in [5.41, 5.74) is 4.73. The Morgan fingerprint density at radius 3 is 2.47 bits per heavy atom. The van der Waals surface area contributed by atoms with E-state index in [0.717, 1.165) is 0 Å². The summed E-state index contributed by atoms with van der Waals surface area (Å²) in [5, 5.41) is 13.0. The van der Waals surface area contributed by atoms with E-state index in [1.807, 2.05) is 13.8 Å². The first-order chi connectivity index (χ1) is 7.09. The number of anilines is 2. The third kappa shape index (κ3) is 3.36. The van der Waals surface area contributed by atoms with E-state index in [0.29, 0.717) is 31.0 Å². The number of nitrogen functional groups attached to an aromatic ring is 1. The number of aliphatic hydroxyl groups is 1. The summed E-state index contributed by atoms with van der Waals surface area (Å²) in [6.45, 7) is 4.39. The van der Waals surface area contributed by atoms with Gasteiger partial charge in [0.15, 0.2) is 0 Å². The SMILES string of the molecule is CCC(O)(CC)CNc1cnc(N)cn1. The molecule has 0 spiro atoms. The maximum Gasteiger partial charge on any atom is 0.144 e. The molecule has 0 aliphatic carbocycles. The Hall–Kier alpha value is -1.36. The maximum atomic E-state index is 10.0. The fourth-order valence-corrected chi connectivity index (χ4v) is 1.18. The molecule has 4 N–H and O–H groups in total. The normalized spacial score (nSPS) is 11.4. The molecule has 1 heterocycles. The van der Waals surface area contributed by atoms with Crippen molar-refractivity contribution in [1.29, 1.82) is 0 Å². The van der Waals surface area contributed by atoms with Crippen LogP contribution in [0.1, 0.15) is 26.7 Å². The molecule has 0 aromatic carbocycles. The van der Waals surface area contributed by atoms with E-state index in [-0.39, 0.29) is 0 Å². The van der Waals surface area contributed by atoms with Crippen molar-refractivity contribution in [2.24, 2.45) is 0 Å². The van der Waals surface area contributed by atoms with Crippen molar-refractivity contribution in [3.63, 3.8) is 0 Å². The Morgan fingerprint density at radius 1 is 1.33 bits per heavy atom. The lowest BCUT2D eigenvalue weighted by Crippen LogP contribution is -2.35. The maximum absolute atomic E-state index is 10.0. The standard InChI is InChI=1S/C10H18N4O/c1-3-10(15,4-2)7-14-9-6-12-8(11)5-13-9/h5-6,15H,3-4,7H2,1-2H3,(H2,11,12)(H,13,14). The van der Waals surface area contributed by atoms with Gasteiger partial charge in [-0.15, -0.1) is 0 Å². The molecule has 0 bridgehead atoms. The lowest BCUT2D eigenvalue weighted by molar-refractivity contribution is 0.0456. The van der Waals surface area contributed by atoms with Gasteiger partial charge in [0.2, 0.25) is 0 Å². The smallest absolute Gasteiger partial charge is 0.144 e. The highest BCUT2D eigenvalue weighted by Crippen LogP contribution is 2.15. The van der Waals surface area contributed by atoms with Gasteiger partial charge in [-0.05, 0) is 12.8 Å². The van der Waals surface area contributed by atoms with Gasteiger partial charge in [0.1, 0.15) is 11.6 Å². The van der Waals surface area contributed by atoms with Gasteiger partial charge in [-0.1, -0.05) is 13.8 Å². The second kappa shape index (κ2) is 4.93. The summed E-state index contributed by atoms with van der Waals surface area (Å²) in [6, 6.07) is 0. The van der Waals surface area contributed by atoms with Crippen LogP contribution in [0.25, 0.3) is 0 Å². The van der Waals surface area contributed by atoms with E-state index in [1.54, 1.807) is 6.20 Å². The van der Waals surface area contributed by atoms with E-state index in [9.17, 15) is 5.11 Å². The van der Waals surface area contributed by atoms with Crippen LogP contribution in [0.5, 0.6) is 0 Å². The second-order valence-electron chi connectivity index (χ2n) is 3.61. The molecule has 0 amide bonds. The molecule has 5 heteroatoms. The molecule has 5 nitrogen and oxygen atoms in total. The van der Waals surface area contributed by atoms with E-state index in [1.165, 1.54) is 6.20 Å². The van der Waals surface area contributed by atoms with Gasteiger partial charge >= 0.3 is 0 Å². The highest BCUT2D eigenvalue weighted by atomic mass is 16.3. The van der Waals surface area contributed by atoms with Gasteiger partial charge in [0.25, 0.3) is 0 Å². The topological polar surface area (TPSA) is 84.1 Å².